The normalized spacial score (nSPS) is 15.7. The minimum atomic E-state index is -3.69. The first-order chi connectivity index (χ1) is 14.2. The SMILES string of the molecule is CC(C)N(C)S(=O)(=O)c1ccc(Cl)c(C(=O)N2CCN(Cc3ccncc3)CC2)c1. The smallest absolute Gasteiger partial charge is 0.255 e. The van der Waals surface area contributed by atoms with Crippen molar-refractivity contribution in [1.82, 2.24) is 19.1 Å². The van der Waals surface area contributed by atoms with Crippen LogP contribution in [-0.2, 0) is 16.6 Å². The molecular weight excluding hydrogens is 424 g/mol. The van der Waals surface area contributed by atoms with Gasteiger partial charge in [0.25, 0.3) is 5.91 Å². The van der Waals surface area contributed by atoms with E-state index in [0.29, 0.717) is 13.1 Å². The zero-order valence-corrected chi connectivity index (χ0v) is 19.0. The van der Waals surface area contributed by atoms with Crippen molar-refractivity contribution in [1.29, 1.82) is 0 Å². The molecule has 0 aliphatic carbocycles. The molecule has 1 amide bonds. The molecule has 0 saturated carbocycles. The standard InChI is InChI=1S/C21H27ClN4O3S/c1-16(2)24(3)30(28,29)18-4-5-20(22)19(14-18)21(27)26-12-10-25(11-13-26)15-17-6-8-23-9-7-17/h4-9,14,16H,10-13,15H2,1-3H3. The quantitative estimate of drug-likeness (QED) is 0.676. The average Bonchev–Trinajstić information content (AvgIpc) is 2.74. The Morgan fingerprint density at radius 2 is 1.77 bits per heavy atom. The summed E-state index contributed by atoms with van der Waals surface area (Å²) in [5, 5.41) is 0.255. The van der Waals surface area contributed by atoms with Gasteiger partial charge in [0.05, 0.1) is 15.5 Å². The Bertz CT molecular complexity index is 991. The van der Waals surface area contributed by atoms with Gasteiger partial charge in [0.2, 0.25) is 10.0 Å². The number of benzene rings is 1. The molecule has 0 atom stereocenters. The second kappa shape index (κ2) is 9.43. The third kappa shape index (κ3) is 5.00. The number of piperazine rings is 1. The summed E-state index contributed by atoms with van der Waals surface area (Å²) in [6.07, 6.45) is 3.55. The monoisotopic (exact) mass is 450 g/mol. The van der Waals surface area contributed by atoms with E-state index in [-0.39, 0.29) is 27.4 Å². The molecular formula is C21H27ClN4O3S. The third-order valence-electron chi connectivity index (χ3n) is 5.39. The van der Waals surface area contributed by atoms with E-state index in [9.17, 15) is 13.2 Å². The van der Waals surface area contributed by atoms with Gasteiger partial charge < -0.3 is 4.90 Å². The molecule has 0 radical (unpaired) electrons. The van der Waals surface area contributed by atoms with E-state index in [2.05, 4.69) is 9.88 Å². The summed E-state index contributed by atoms with van der Waals surface area (Å²) in [5.41, 5.74) is 1.40. The van der Waals surface area contributed by atoms with Crippen molar-refractivity contribution in [2.75, 3.05) is 33.2 Å². The largest absolute Gasteiger partial charge is 0.336 e. The second-order valence-electron chi connectivity index (χ2n) is 7.68. The van der Waals surface area contributed by atoms with Gasteiger partial charge in [0, 0.05) is 58.2 Å². The number of rotatable bonds is 6. The summed E-state index contributed by atoms with van der Waals surface area (Å²) in [7, 11) is -2.17. The van der Waals surface area contributed by atoms with Gasteiger partial charge in [0.15, 0.2) is 0 Å². The zero-order valence-electron chi connectivity index (χ0n) is 17.5. The molecule has 1 saturated heterocycles. The van der Waals surface area contributed by atoms with Gasteiger partial charge in [-0.15, -0.1) is 0 Å². The van der Waals surface area contributed by atoms with Crippen molar-refractivity contribution in [3.05, 3.63) is 58.9 Å². The fourth-order valence-electron chi connectivity index (χ4n) is 3.30. The van der Waals surface area contributed by atoms with Gasteiger partial charge in [-0.25, -0.2) is 8.42 Å². The van der Waals surface area contributed by atoms with Gasteiger partial charge in [0.1, 0.15) is 0 Å². The summed E-state index contributed by atoms with van der Waals surface area (Å²) in [4.78, 5) is 21.2. The van der Waals surface area contributed by atoms with Crippen LogP contribution in [0.25, 0.3) is 0 Å². The molecule has 2 heterocycles. The van der Waals surface area contributed by atoms with Crippen molar-refractivity contribution in [3.63, 3.8) is 0 Å². The molecule has 30 heavy (non-hydrogen) atoms. The Morgan fingerprint density at radius 3 is 2.37 bits per heavy atom. The number of sulfonamides is 1. The highest BCUT2D eigenvalue weighted by atomic mass is 35.5. The summed E-state index contributed by atoms with van der Waals surface area (Å²) in [5.74, 6) is -0.243. The lowest BCUT2D eigenvalue weighted by Gasteiger charge is -2.35. The zero-order chi connectivity index (χ0) is 21.9. The van der Waals surface area contributed by atoms with Crippen molar-refractivity contribution in [2.45, 2.75) is 31.3 Å². The molecule has 1 fully saturated rings. The molecule has 1 aromatic heterocycles. The van der Waals surface area contributed by atoms with Crippen LogP contribution in [-0.4, -0.2) is 72.7 Å². The first-order valence-electron chi connectivity index (χ1n) is 9.88. The molecule has 1 aliphatic rings. The Labute approximate surface area is 183 Å². The fourth-order valence-corrected chi connectivity index (χ4v) is 4.89. The predicted molar refractivity (Wildman–Crippen MR) is 117 cm³/mol. The molecule has 162 valence electrons. The van der Waals surface area contributed by atoms with Crippen LogP contribution in [0.5, 0.6) is 0 Å². The lowest BCUT2D eigenvalue weighted by molar-refractivity contribution is 0.0628. The van der Waals surface area contributed by atoms with Crippen LogP contribution in [0.15, 0.2) is 47.6 Å². The van der Waals surface area contributed by atoms with Gasteiger partial charge in [-0.1, -0.05) is 11.6 Å². The van der Waals surface area contributed by atoms with Crippen LogP contribution in [0.1, 0.15) is 29.8 Å². The summed E-state index contributed by atoms with van der Waals surface area (Å²) < 4.78 is 26.9. The first kappa shape index (κ1) is 22.7. The van der Waals surface area contributed by atoms with Crippen LogP contribution in [0.4, 0.5) is 0 Å². The van der Waals surface area contributed by atoms with Crippen LogP contribution in [0.3, 0.4) is 0 Å². The van der Waals surface area contributed by atoms with E-state index < -0.39 is 10.0 Å². The number of aromatic nitrogens is 1. The minimum absolute atomic E-state index is 0.0720. The molecule has 0 N–H and O–H groups in total. The maximum atomic E-state index is 13.1. The minimum Gasteiger partial charge on any atom is -0.336 e. The van der Waals surface area contributed by atoms with Crippen molar-refractivity contribution in [2.24, 2.45) is 0 Å². The number of nitrogens with zero attached hydrogens (tertiary/aromatic N) is 4. The van der Waals surface area contributed by atoms with E-state index in [1.807, 2.05) is 12.1 Å². The molecule has 1 aromatic carbocycles. The Hall–Kier alpha value is -2.00. The summed E-state index contributed by atoms with van der Waals surface area (Å²) in [6, 6.07) is 8.09. The number of hydrogen-bond donors (Lipinski definition) is 0. The molecule has 0 bridgehead atoms. The highest BCUT2D eigenvalue weighted by Gasteiger charge is 2.28. The topological polar surface area (TPSA) is 73.8 Å². The number of amides is 1. The fraction of sp³-hybridized carbons (Fsp3) is 0.429. The Kier molecular flexibility index (Phi) is 7.13. The van der Waals surface area contributed by atoms with Gasteiger partial charge in [-0.2, -0.15) is 4.31 Å². The van der Waals surface area contributed by atoms with Crippen molar-refractivity contribution in [3.8, 4) is 0 Å². The number of carbonyl (C=O) groups is 1. The maximum Gasteiger partial charge on any atom is 0.255 e. The lowest BCUT2D eigenvalue weighted by atomic mass is 10.1. The highest BCUT2D eigenvalue weighted by Crippen LogP contribution is 2.25. The Morgan fingerprint density at radius 1 is 1.13 bits per heavy atom. The molecule has 0 unspecified atom stereocenters. The van der Waals surface area contributed by atoms with Crippen LogP contribution >= 0.6 is 11.6 Å². The maximum absolute atomic E-state index is 13.1. The number of carbonyl (C=O) groups excluding carboxylic acids is 1. The molecule has 1 aliphatic heterocycles. The lowest BCUT2D eigenvalue weighted by Crippen LogP contribution is -2.48. The third-order valence-corrected chi connectivity index (χ3v) is 7.75. The van der Waals surface area contributed by atoms with Gasteiger partial charge in [-0.05, 0) is 49.7 Å². The van der Waals surface area contributed by atoms with Gasteiger partial charge >= 0.3 is 0 Å². The van der Waals surface area contributed by atoms with E-state index in [0.717, 1.165) is 19.6 Å². The van der Waals surface area contributed by atoms with Crippen LogP contribution in [0, 0.1) is 0 Å². The highest BCUT2D eigenvalue weighted by molar-refractivity contribution is 7.89. The first-order valence-corrected chi connectivity index (χ1v) is 11.7. The van der Waals surface area contributed by atoms with Gasteiger partial charge in [-0.3, -0.25) is 14.7 Å². The van der Waals surface area contributed by atoms with E-state index in [1.54, 1.807) is 31.1 Å². The molecule has 2 aromatic rings. The molecule has 0 spiro atoms. The van der Waals surface area contributed by atoms with Crippen molar-refractivity contribution < 1.29 is 13.2 Å². The van der Waals surface area contributed by atoms with E-state index in [4.69, 9.17) is 11.6 Å². The van der Waals surface area contributed by atoms with Crippen LogP contribution in [0.2, 0.25) is 5.02 Å². The second-order valence-corrected chi connectivity index (χ2v) is 10.1. The number of pyridine rings is 1. The van der Waals surface area contributed by atoms with E-state index >= 15 is 0 Å². The predicted octanol–water partition coefficient (Wildman–Crippen LogP) is 2.72. The van der Waals surface area contributed by atoms with Crippen molar-refractivity contribution >= 4 is 27.5 Å². The number of halogens is 1. The number of hydrogen-bond acceptors (Lipinski definition) is 5. The molecule has 7 nitrogen and oxygen atoms in total. The molecule has 9 heteroatoms. The summed E-state index contributed by atoms with van der Waals surface area (Å²) in [6.45, 7) is 6.99. The Balaban J connectivity index is 1.71. The summed E-state index contributed by atoms with van der Waals surface area (Å²) >= 11 is 6.27. The molecule has 3 rings (SSSR count). The average molecular weight is 451 g/mol. The van der Waals surface area contributed by atoms with Crippen LogP contribution < -0.4 is 0 Å². The van der Waals surface area contributed by atoms with E-state index in [1.165, 1.54) is 35.1 Å².